The van der Waals surface area contributed by atoms with Gasteiger partial charge in [-0.05, 0) is 89.7 Å². The predicted octanol–water partition coefficient (Wildman–Crippen LogP) is 8.64. The van der Waals surface area contributed by atoms with Crippen LogP contribution in [0.3, 0.4) is 0 Å². The van der Waals surface area contributed by atoms with Crippen molar-refractivity contribution in [2.45, 2.75) is 20.8 Å². The third kappa shape index (κ3) is 4.49. The molecule has 0 fully saturated rings. The smallest absolute Gasteiger partial charge is 0.139 e. The van der Waals surface area contributed by atoms with Crippen molar-refractivity contribution in [3.05, 3.63) is 131 Å². The number of fused-ring (bicyclic) bond motifs is 1. The Kier molecular flexibility index (Phi) is 5.74. The van der Waals surface area contributed by atoms with E-state index in [0.29, 0.717) is 5.56 Å². The summed E-state index contributed by atoms with van der Waals surface area (Å²) in [6, 6.07) is 32.9. The number of benzene rings is 5. The molecule has 0 saturated carbocycles. The summed E-state index contributed by atoms with van der Waals surface area (Å²) in [6.45, 7) is 6.06. The lowest BCUT2D eigenvalue weighted by Crippen LogP contribution is -1.92. The van der Waals surface area contributed by atoms with Crippen LogP contribution in [0.5, 0.6) is 0 Å². The van der Waals surface area contributed by atoms with Gasteiger partial charge < -0.3 is 0 Å². The van der Waals surface area contributed by atoms with Crippen molar-refractivity contribution in [1.29, 1.82) is 0 Å². The standard InChI is InChI=1S/C33H25F/c1-22-4-7-25(8-5-22)9-17-32-24(3)19-31(21-33(32)34)27-13-11-26(12-14-27)29-16-15-28-18-23(2)6-10-30(28)20-29/h4-8,10-16,18-21H,1-3H3. The van der Waals surface area contributed by atoms with Gasteiger partial charge in [0.15, 0.2) is 0 Å². The molecule has 0 bridgehead atoms. The highest BCUT2D eigenvalue weighted by atomic mass is 19.1. The number of rotatable bonds is 2. The lowest BCUT2D eigenvalue weighted by molar-refractivity contribution is 0.623. The minimum Gasteiger partial charge on any atom is -0.206 e. The van der Waals surface area contributed by atoms with E-state index in [1.165, 1.54) is 27.5 Å². The summed E-state index contributed by atoms with van der Waals surface area (Å²) in [5.41, 5.74) is 8.77. The molecule has 0 N–H and O–H groups in total. The highest BCUT2D eigenvalue weighted by Crippen LogP contribution is 2.29. The van der Waals surface area contributed by atoms with Gasteiger partial charge in [0, 0.05) is 5.56 Å². The highest BCUT2D eigenvalue weighted by Gasteiger charge is 2.09. The summed E-state index contributed by atoms with van der Waals surface area (Å²) < 4.78 is 15.0. The molecule has 5 rings (SSSR count). The Bertz CT molecular complexity index is 1540. The van der Waals surface area contributed by atoms with Gasteiger partial charge in [0.05, 0.1) is 5.56 Å². The summed E-state index contributed by atoms with van der Waals surface area (Å²) in [6.07, 6.45) is 0. The van der Waals surface area contributed by atoms with Crippen molar-refractivity contribution in [3.8, 4) is 34.1 Å². The fourth-order valence-corrected chi connectivity index (χ4v) is 4.24. The first-order chi connectivity index (χ1) is 16.5. The highest BCUT2D eigenvalue weighted by molar-refractivity contribution is 5.88. The molecule has 0 aliphatic rings. The Hall–Kier alpha value is -4.15. The molecule has 0 aliphatic heterocycles. The summed E-state index contributed by atoms with van der Waals surface area (Å²) in [4.78, 5) is 0. The Morgan fingerprint density at radius 3 is 1.79 bits per heavy atom. The Balaban J connectivity index is 1.42. The van der Waals surface area contributed by atoms with Crippen LogP contribution < -0.4 is 0 Å². The average molecular weight is 441 g/mol. The van der Waals surface area contributed by atoms with Crippen LogP contribution in [0.25, 0.3) is 33.0 Å². The molecule has 0 aliphatic carbocycles. The Morgan fingerprint density at radius 2 is 1.09 bits per heavy atom. The molecule has 0 amide bonds. The molecule has 0 aromatic heterocycles. The zero-order chi connectivity index (χ0) is 23.7. The van der Waals surface area contributed by atoms with E-state index in [2.05, 4.69) is 79.4 Å². The van der Waals surface area contributed by atoms with Gasteiger partial charge in [-0.2, -0.15) is 0 Å². The summed E-state index contributed by atoms with van der Waals surface area (Å²) in [5, 5.41) is 2.48. The van der Waals surface area contributed by atoms with Gasteiger partial charge in [0.1, 0.15) is 5.82 Å². The van der Waals surface area contributed by atoms with Gasteiger partial charge in [0.25, 0.3) is 0 Å². The van der Waals surface area contributed by atoms with E-state index in [9.17, 15) is 4.39 Å². The zero-order valence-corrected chi connectivity index (χ0v) is 19.6. The lowest BCUT2D eigenvalue weighted by Gasteiger charge is -2.09. The van der Waals surface area contributed by atoms with Crippen molar-refractivity contribution in [3.63, 3.8) is 0 Å². The molecule has 1 heteroatoms. The maximum atomic E-state index is 15.0. The van der Waals surface area contributed by atoms with Gasteiger partial charge in [-0.3, -0.25) is 0 Å². The average Bonchev–Trinajstić information content (AvgIpc) is 2.84. The number of hydrogen-bond donors (Lipinski definition) is 0. The third-order valence-electron chi connectivity index (χ3n) is 6.22. The van der Waals surface area contributed by atoms with E-state index in [-0.39, 0.29) is 5.82 Å². The minimum atomic E-state index is -0.288. The van der Waals surface area contributed by atoms with E-state index in [0.717, 1.165) is 27.8 Å². The van der Waals surface area contributed by atoms with Crippen LogP contribution in [0.2, 0.25) is 0 Å². The normalized spacial score (nSPS) is 10.7. The molecule has 0 saturated heterocycles. The third-order valence-corrected chi connectivity index (χ3v) is 6.22. The van der Waals surface area contributed by atoms with Gasteiger partial charge >= 0.3 is 0 Å². The van der Waals surface area contributed by atoms with Crippen molar-refractivity contribution >= 4 is 10.8 Å². The molecule has 0 radical (unpaired) electrons. The molecule has 34 heavy (non-hydrogen) atoms. The molecule has 5 aromatic carbocycles. The molecule has 0 nitrogen and oxygen atoms in total. The van der Waals surface area contributed by atoms with Gasteiger partial charge in [-0.1, -0.05) is 89.7 Å². The molecule has 0 atom stereocenters. The monoisotopic (exact) mass is 440 g/mol. The second-order valence-corrected chi connectivity index (χ2v) is 8.91. The summed E-state index contributed by atoms with van der Waals surface area (Å²) in [7, 11) is 0. The number of halogens is 1. The quantitative estimate of drug-likeness (QED) is 0.241. The molecule has 0 unspecified atom stereocenters. The van der Waals surface area contributed by atoms with Crippen LogP contribution in [0.15, 0.2) is 97.1 Å². The summed E-state index contributed by atoms with van der Waals surface area (Å²) >= 11 is 0. The van der Waals surface area contributed by atoms with E-state index >= 15 is 0 Å². The zero-order valence-electron chi connectivity index (χ0n) is 19.6. The Morgan fingerprint density at radius 1 is 0.500 bits per heavy atom. The predicted molar refractivity (Wildman–Crippen MR) is 141 cm³/mol. The van der Waals surface area contributed by atoms with Gasteiger partial charge in [0.2, 0.25) is 0 Å². The van der Waals surface area contributed by atoms with Gasteiger partial charge in [-0.15, -0.1) is 0 Å². The van der Waals surface area contributed by atoms with E-state index < -0.39 is 0 Å². The molecule has 5 aromatic rings. The first kappa shape index (κ1) is 21.7. The van der Waals surface area contributed by atoms with Crippen LogP contribution >= 0.6 is 0 Å². The Labute approximate surface area is 200 Å². The maximum absolute atomic E-state index is 15.0. The molecule has 164 valence electrons. The lowest BCUT2D eigenvalue weighted by atomic mass is 9.96. The molecule has 0 heterocycles. The van der Waals surface area contributed by atoms with Crippen LogP contribution in [0.1, 0.15) is 27.8 Å². The molecular formula is C33H25F. The largest absolute Gasteiger partial charge is 0.206 e. The van der Waals surface area contributed by atoms with E-state index in [1.54, 1.807) is 6.07 Å². The first-order valence-corrected chi connectivity index (χ1v) is 11.5. The van der Waals surface area contributed by atoms with Crippen LogP contribution in [-0.4, -0.2) is 0 Å². The van der Waals surface area contributed by atoms with Crippen LogP contribution in [-0.2, 0) is 0 Å². The maximum Gasteiger partial charge on any atom is 0.139 e. The topological polar surface area (TPSA) is 0 Å². The van der Waals surface area contributed by atoms with Crippen molar-refractivity contribution in [1.82, 2.24) is 0 Å². The summed E-state index contributed by atoms with van der Waals surface area (Å²) in [5.74, 6) is 5.81. The van der Waals surface area contributed by atoms with Crippen LogP contribution in [0, 0.1) is 38.4 Å². The molecular weight excluding hydrogens is 415 g/mol. The van der Waals surface area contributed by atoms with Crippen molar-refractivity contribution in [2.75, 3.05) is 0 Å². The SMILES string of the molecule is Cc1ccc(C#Cc2c(C)cc(-c3ccc(-c4ccc5cc(C)ccc5c4)cc3)cc2F)cc1. The second kappa shape index (κ2) is 9.00. The number of hydrogen-bond acceptors (Lipinski definition) is 0. The minimum absolute atomic E-state index is 0.288. The van der Waals surface area contributed by atoms with Crippen LogP contribution in [0.4, 0.5) is 4.39 Å². The second-order valence-electron chi connectivity index (χ2n) is 8.91. The van der Waals surface area contributed by atoms with Crippen molar-refractivity contribution in [2.24, 2.45) is 0 Å². The van der Waals surface area contributed by atoms with Gasteiger partial charge in [-0.25, -0.2) is 4.39 Å². The van der Waals surface area contributed by atoms with Crippen molar-refractivity contribution < 1.29 is 4.39 Å². The fourth-order valence-electron chi connectivity index (χ4n) is 4.24. The van der Waals surface area contributed by atoms with E-state index in [1.807, 2.05) is 44.2 Å². The molecule has 0 spiro atoms. The van der Waals surface area contributed by atoms with E-state index in [4.69, 9.17) is 0 Å². The first-order valence-electron chi connectivity index (χ1n) is 11.5. The fraction of sp³-hybridized carbons (Fsp3) is 0.0909. The number of aryl methyl sites for hydroxylation is 3.